The molecule has 0 fully saturated rings. The number of aromatic hydroxyl groups is 1. The summed E-state index contributed by atoms with van der Waals surface area (Å²) in [5, 5.41) is 16.8. The molecule has 0 aliphatic rings. The number of nitrogens with zero attached hydrogens (tertiary/aromatic N) is 2. The van der Waals surface area contributed by atoms with Crippen LogP contribution in [0, 0.1) is 0 Å². The Morgan fingerprint density at radius 2 is 2.15 bits per heavy atom. The lowest BCUT2D eigenvalue weighted by Gasteiger charge is -2.21. The van der Waals surface area contributed by atoms with Crippen LogP contribution in [-0.2, 0) is 21.4 Å². The van der Waals surface area contributed by atoms with Crippen LogP contribution in [0.1, 0.15) is 44.5 Å². The van der Waals surface area contributed by atoms with Gasteiger partial charge < -0.3 is 14.6 Å². The molecule has 2 rings (SSSR count). The lowest BCUT2D eigenvalue weighted by Crippen LogP contribution is -2.12. The maximum Gasteiger partial charge on any atom is 0.311 e. The fraction of sp³-hybridized carbons (Fsp3) is 0.421. The fourth-order valence-corrected chi connectivity index (χ4v) is 2.93. The number of ether oxygens (including phenoxy) is 2. The molecule has 0 unspecified atom stereocenters. The second-order valence-corrected chi connectivity index (χ2v) is 7.72. The summed E-state index contributed by atoms with van der Waals surface area (Å²) in [6.07, 6.45) is 1.64. The van der Waals surface area contributed by atoms with Crippen molar-refractivity contribution >= 4 is 28.7 Å². The average molecular weight is 391 g/mol. The van der Waals surface area contributed by atoms with Crippen LogP contribution in [0.25, 0.3) is 0 Å². The third kappa shape index (κ3) is 5.68. The van der Waals surface area contributed by atoms with Crippen molar-refractivity contribution < 1.29 is 19.4 Å². The SMILES string of the molecule is CCOC(=O)Cc1csc(NN=Cc2cc(C(C)(C)C)cc(OC)c2O)n1. The molecular weight excluding hydrogens is 366 g/mol. The predicted molar refractivity (Wildman–Crippen MR) is 107 cm³/mol. The number of carbonyl (C=O) groups is 1. The van der Waals surface area contributed by atoms with Crippen LogP contribution in [0.4, 0.5) is 5.13 Å². The van der Waals surface area contributed by atoms with Gasteiger partial charge in [-0.1, -0.05) is 20.8 Å². The van der Waals surface area contributed by atoms with Gasteiger partial charge in [-0.05, 0) is 30.0 Å². The van der Waals surface area contributed by atoms with Gasteiger partial charge in [0, 0.05) is 10.9 Å². The third-order valence-corrected chi connectivity index (χ3v) is 4.53. The van der Waals surface area contributed by atoms with Crippen LogP contribution in [0.15, 0.2) is 22.6 Å². The summed E-state index contributed by atoms with van der Waals surface area (Å²) in [4.78, 5) is 15.8. The Kier molecular flexibility index (Phi) is 6.79. The summed E-state index contributed by atoms with van der Waals surface area (Å²) in [5.41, 5.74) is 4.89. The molecule has 0 aliphatic heterocycles. The van der Waals surface area contributed by atoms with Gasteiger partial charge in [0.2, 0.25) is 5.13 Å². The first kappa shape index (κ1) is 20.7. The maximum atomic E-state index is 11.5. The monoisotopic (exact) mass is 391 g/mol. The van der Waals surface area contributed by atoms with Crippen LogP contribution in [0.3, 0.4) is 0 Å². The lowest BCUT2D eigenvalue weighted by atomic mass is 9.86. The molecule has 0 radical (unpaired) electrons. The zero-order chi connectivity index (χ0) is 20.0. The molecule has 146 valence electrons. The summed E-state index contributed by atoms with van der Waals surface area (Å²) in [6.45, 7) is 8.36. The molecule has 0 amide bonds. The molecule has 0 aliphatic carbocycles. The molecule has 0 saturated heterocycles. The maximum absolute atomic E-state index is 11.5. The van der Waals surface area contributed by atoms with Gasteiger partial charge in [-0.15, -0.1) is 11.3 Å². The molecule has 1 aromatic carbocycles. The first-order valence-corrected chi connectivity index (χ1v) is 9.43. The van der Waals surface area contributed by atoms with E-state index in [1.54, 1.807) is 12.3 Å². The predicted octanol–water partition coefficient (Wildman–Crippen LogP) is 3.71. The fourth-order valence-electron chi connectivity index (χ4n) is 2.27. The number of aromatic nitrogens is 1. The van der Waals surface area contributed by atoms with E-state index in [0.717, 1.165) is 5.56 Å². The van der Waals surface area contributed by atoms with Crippen LogP contribution in [0.2, 0.25) is 0 Å². The van der Waals surface area contributed by atoms with Gasteiger partial charge in [-0.3, -0.25) is 10.2 Å². The van der Waals surface area contributed by atoms with E-state index in [-0.39, 0.29) is 23.6 Å². The summed E-state index contributed by atoms with van der Waals surface area (Å²) in [7, 11) is 1.52. The number of rotatable bonds is 7. The Balaban J connectivity index is 2.12. The van der Waals surface area contributed by atoms with Crippen LogP contribution < -0.4 is 10.2 Å². The van der Waals surface area contributed by atoms with Crippen LogP contribution in [0.5, 0.6) is 11.5 Å². The number of hydrogen-bond donors (Lipinski definition) is 2. The van der Waals surface area contributed by atoms with Gasteiger partial charge in [0.15, 0.2) is 11.5 Å². The first-order valence-electron chi connectivity index (χ1n) is 8.55. The van der Waals surface area contributed by atoms with Gasteiger partial charge in [-0.2, -0.15) is 5.10 Å². The Morgan fingerprint density at radius 3 is 2.78 bits per heavy atom. The molecule has 0 bridgehead atoms. The van der Waals surface area contributed by atoms with Crippen molar-refractivity contribution in [3.05, 3.63) is 34.3 Å². The van der Waals surface area contributed by atoms with Gasteiger partial charge >= 0.3 is 5.97 Å². The van der Waals surface area contributed by atoms with Gasteiger partial charge in [-0.25, -0.2) is 4.98 Å². The number of benzene rings is 1. The van der Waals surface area contributed by atoms with E-state index in [0.29, 0.717) is 28.7 Å². The minimum absolute atomic E-state index is 0.0261. The van der Waals surface area contributed by atoms with Crippen LogP contribution in [-0.4, -0.2) is 36.0 Å². The van der Waals surface area contributed by atoms with E-state index in [9.17, 15) is 9.90 Å². The number of carbonyl (C=O) groups excluding carboxylic acids is 1. The first-order chi connectivity index (χ1) is 12.7. The largest absolute Gasteiger partial charge is 0.504 e. The van der Waals surface area contributed by atoms with Crippen molar-refractivity contribution in [2.24, 2.45) is 5.10 Å². The van der Waals surface area contributed by atoms with Crippen LogP contribution >= 0.6 is 11.3 Å². The molecular formula is C19H25N3O4S. The third-order valence-electron chi connectivity index (χ3n) is 3.74. The molecule has 0 atom stereocenters. The van der Waals surface area contributed by atoms with E-state index in [2.05, 4.69) is 36.3 Å². The normalized spacial score (nSPS) is 11.6. The molecule has 1 heterocycles. The number of hydrazone groups is 1. The Hall–Kier alpha value is -2.61. The summed E-state index contributed by atoms with van der Waals surface area (Å²) >= 11 is 1.33. The highest BCUT2D eigenvalue weighted by Crippen LogP contribution is 2.35. The number of phenols is 1. The minimum atomic E-state index is -0.311. The zero-order valence-electron chi connectivity index (χ0n) is 16.2. The molecule has 27 heavy (non-hydrogen) atoms. The summed E-state index contributed by atoms with van der Waals surface area (Å²) in [5.74, 6) is 0.113. The van der Waals surface area contributed by atoms with E-state index >= 15 is 0 Å². The standard InChI is InChI=1S/C19H25N3O4S/c1-6-26-16(23)9-14-11-27-18(21-14)22-20-10-12-7-13(19(2,3)4)8-15(25-5)17(12)24/h7-8,10-11,24H,6,9H2,1-5H3,(H,21,22). The van der Waals surface area contributed by atoms with Crippen molar-refractivity contribution in [1.29, 1.82) is 0 Å². The van der Waals surface area contributed by atoms with E-state index in [1.807, 2.05) is 12.1 Å². The number of anilines is 1. The average Bonchev–Trinajstić information content (AvgIpc) is 3.02. The number of hydrogen-bond acceptors (Lipinski definition) is 8. The summed E-state index contributed by atoms with van der Waals surface area (Å²) in [6, 6.07) is 3.69. The molecule has 2 N–H and O–H groups in total. The summed E-state index contributed by atoms with van der Waals surface area (Å²) < 4.78 is 10.2. The Morgan fingerprint density at radius 1 is 1.41 bits per heavy atom. The number of phenolic OH excluding ortho intramolecular Hbond substituents is 1. The zero-order valence-corrected chi connectivity index (χ0v) is 17.0. The van der Waals surface area contributed by atoms with Crippen molar-refractivity contribution in [3.8, 4) is 11.5 Å². The van der Waals surface area contributed by atoms with Gasteiger partial charge in [0.1, 0.15) is 0 Å². The van der Waals surface area contributed by atoms with Crippen molar-refractivity contribution in [2.75, 3.05) is 19.1 Å². The van der Waals surface area contributed by atoms with E-state index in [1.165, 1.54) is 24.7 Å². The molecule has 8 heteroatoms. The number of nitrogens with one attached hydrogen (secondary N) is 1. The molecule has 2 aromatic rings. The second kappa shape index (κ2) is 8.85. The number of thiazole rings is 1. The number of methoxy groups -OCH3 is 1. The molecule has 7 nitrogen and oxygen atoms in total. The highest BCUT2D eigenvalue weighted by atomic mass is 32.1. The molecule has 0 spiro atoms. The molecule has 0 saturated carbocycles. The molecule has 1 aromatic heterocycles. The quantitative estimate of drug-likeness (QED) is 0.425. The Labute approximate surface area is 163 Å². The van der Waals surface area contributed by atoms with Crippen molar-refractivity contribution in [1.82, 2.24) is 4.98 Å². The highest BCUT2D eigenvalue weighted by Gasteiger charge is 2.18. The lowest BCUT2D eigenvalue weighted by molar-refractivity contribution is -0.142. The van der Waals surface area contributed by atoms with E-state index < -0.39 is 0 Å². The van der Waals surface area contributed by atoms with Crippen molar-refractivity contribution in [3.63, 3.8) is 0 Å². The second-order valence-electron chi connectivity index (χ2n) is 6.86. The minimum Gasteiger partial charge on any atom is -0.504 e. The smallest absolute Gasteiger partial charge is 0.311 e. The Bertz CT molecular complexity index is 825. The topological polar surface area (TPSA) is 93.0 Å². The highest BCUT2D eigenvalue weighted by molar-refractivity contribution is 7.13. The number of esters is 1. The van der Waals surface area contributed by atoms with Gasteiger partial charge in [0.05, 0.1) is 32.0 Å². The van der Waals surface area contributed by atoms with Crippen molar-refractivity contribution in [2.45, 2.75) is 39.5 Å². The van der Waals surface area contributed by atoms with Gasteiger partial charge in [0.25, 0.3) is 0 Å². The van der Waals surface area contributed by atoms with E-state index in [4.69, 9.17) is 9.47 Å².